The summed E-state index contributed by atoms with van der Waals surface area (Å²) in [4.78, 5) is 13.3. The quantitative estimate of drug-likeness (QED) is 0.755. The summed E-state index contributed by atoms with van der Waals surface area (Å²) in [5.74, 6) is 0.690. The van der Waals surface area contributed by atoms with Gasteiger partial charge in [-0.15, -0.1) is 11.3 Å². The third-order valence-corrected chi connectivity index (χ3v) is 4.88. The lowest BCUT2D eigenvalue weighted by Crippen LogP contribution is -2.43. The number of hydrogen-bond donors (Lipinski definition) is 2. The van der Waals surface area contributed by atoms with Crippen LogP contribution >= 0.6 is 11.3 Å². The van der Waals surface area contributed by atoms with Crippen LogP contribution in [0, 0.1) is 5.92 Å². The van der Waals surface area contributed by atoms with Gasteiger partial charge >= 0.3 is 0 Å². The maximum absolute atomic E-state index is 12.1. The number of carbonyl (C=O) groups is 1. The van der Waals surface area contributed by atoms with Crippen LogP contribution in [0.15, 0.2) is 41.8 Å². The lowest BCUT2D eigenvalue weighted by molar-refractivity contribution is -0.122. The number of hydrogen-bond acceptors (Lipinski definition) is 3. The maximum Gasteiger partial charge on any atom is 0.236 e. The Hall–Kier alpha value is -1.65. The highest BCUT2D eigenvalue weighted by Crippen LogP contribution is 2.27. The molecule has 0 unspecified atom stereocenters. The van der Waals surface area contributed by atoms with E-state index in [1.54, 1.807) is 11.3 Å². The molecule has 2 atom stereocenters. The van der Waals surface area contributed by atoms with Gasteiger partial charge in [-0.3, -0.25) is 10.1 Å². The molecule has 0 radical (unpaired) electrons. The Balaban J connectivity index is 2.19. The molecule has 0 saturated heterocycles. The van der Waals surface area contributed by atoms with Crippen molar-refractivity contribution in [3.8, 4) is 0 Å². The minimum absolute atomic E-state index is 0.0375. The van der Waals surface area contributed by atoms with Crippen molar-refractivity contribution in [3.63, 3.8) is 0 Å². The van der Waals surface area contributed by atoms with Crippen LogP contribution in [0.5, 0.6) is 0 Å². The molecule has 4 heteroatoms. The average molecular weight is 345 g/mol. The van der Waals surface area contributed by atoms with Crippen LogP contribution in [-0.2, 0) is 11.2 Å². The molecule has 0 spiro atoms. The number of amides is 1. The first-order valence-electron chi connectivity index (χ1n) is 8.67. The highest BCUT2D eigenvalue weighted by atomic mass is 32.1. The largest absolute Gasteiger partial charge is 0.355 e. The summed E-state index contributed by atoms with van der Waals surface area (Å²) in [5, 5.41) is 8.44. The summed E-state index contributed by atoms with van der Waals surface area (Å²) in [6, 6.07) is 12.7. The van der Waals surface area contributed by atoms with Crippen molar-refractivity contribution >= 4 is 17.2 Å². The molecule has 2 N–H and O–H groups in total. The zero-order valence-corrected chi connectivity index (χ0v) is 15.8. The molecule has 1 amide bonds. The van der Waals surface area contributed by atoms with Gasteiger partial charge in [0.15, 0.2) is 0 Å². The lowest BCUT2D eigenvalue weighted by atomic mass is 9.98. The molecular formula is C20H28N2OS. The van der Waals surface area contributed by atoms with Gasteiger partial charge in [0.2, 0.25) is 5.91 Å². The minimum Gasteiger partial charge on any atom is -0.355 e. The standard InChI is InChI=1S/C20H28N2OS/c1-5-21-20(23)15(4)22-19(18-7-6-12-24-18)17-10-8-16(9-11-17)13-14(2)3/h6-12,14-15,19,22H,5,13H2,1-4H3,(H,21,23)/t15-,19+/m1/s1. The fraction of sp³-hybridized carbons (Fsp3) is 0.450. The smallest absolute Gasteiger partial charge is 0.236 e. The van der Waals surface area contributed by atoms with Gasteiger partial charge in [-0.2, -0.15) is 0 Å². The predicted octanol–water partition coefficient (Wildman–Crippen LogP) is 4.15. The highest BCUT2D eigenvalue weighted by molar-refractivity contribution is 7.10. The van der Waals surface area contributed by atoms with E-state index in [2.05, 4.69) is 66.3 Å². The third kappa shape index (κ3) is 5.18. The number of nitrogens with one attached hydrogen (secondary N) is 2. The second-order valence-electron chi connectivity index (χ2n) is 6.57. The van der Waals surface area contributed by atoms with Crippen LogP contribution in [-0.4, -0.2) is 18.5 Å². The number of rotatable bonds is 8. The van der Waals surface area contributed by atoms with Gasteiger partial charge in [0.1, 0.15) is 0 Å². The zero-order chi connectivity index (χ0) is 17.5. The van der Waals surface area contributed by atoms with Gasteiger partial charge in [0.25, 0.3) is 0 Å². The number of thiophene rings is 1. The summed E-state index contributed by atoms with van der Waals surface area (Å²) < 4.78 is 0. The van der Waals surface area contributed by atoms with Crippen LogP contribution in [0.3, 0.4) is 0 Å². The molecule has 0 aliphatic heterocycles. The molecule has 1 aromatic carbocycles. The molecule has 2 rings (SSSR count). The van der Waals surface area contributed by atoms with Gasteiger partial charge < -0.3 is 5.32 Å². The van der Waals surface area contributed by atoms with Crippen molar-refractivity contribution < 1.29 is 4.79 Å². The Morgan fingerprint density at radius 2 is 1.83 bits per heavy atom. The molecule has 0 aliphatic carbocycles. The Labute approximate surface area is 149 Å². The number of likely N-dealkylation sites (N-methyl/N-ethyl adjacent to an activating group) is 1. The molecular weight excluding hydrogens is 316 g/mol. The van der Waals surface area contributed by atoms with E-state index in [-0.39, 0.29) is 18.0 Å². The van der Waals surface area contributed by atoms with E-state index in [1.165, 1.54) is 16.0 Å². The summed E-state index contributed by atoms with van der Waals surface area (Å²) >= 11 is 1.71. The van der Waals surface area contributed by atoms with E-state index in [0.29, 0.717) is 12.5 Å². The molecule has 2 aromatic rings. The normalized spacial score (nSPS) is 13.7. The van der Waals surface area contributed by atoms with E-state index in [0.717, 1.165) is 6.42 Å². The van der Waals surface area contributed by atoms with Gasteiger partial charge in [-0.05, 0) is 48.8 Å². The van der Waals surface area contributed by atoms with Crippen molar-refractivity contribution in [1.29, 1.82) is 0 Å². The van der Waals surface area contributed by atoms with E-state index < -0.39 is 0 Å². The SMILES string of the molecule is CCNC(=O)[C@@H](C)N[C@@H](c1ccc(CC(C)C)cc1)c1cccs1. The van der Waals surface area contributed by atoms with E-state index in [1.807, 2.05) is 13.8 Å². The highest BCUT2D eigenvalue weighted by Gasteiger charge is 2.21. The van der Waals surface area contributed by atoms with Crippen molar-refractivity contribution in [2.75, 3.05) is 6.54 Å². The van der Waals surface area contributed by atoms with Crippen molar-refractivity contribution in [3.05, 3.63) is 57.8 Å². The van der Waals surface area contributed by atoms with E-state index in [9.17, 15) is 4.79 Å². The molecule has 0 aliphatic rings. The van der Waals surface area contributed by atoms with Crippen molar-refractivity contribution in [2.45, 2.75) is 46.2 Å². The van der Waals surface area contributed by atoms with Gasteiger partial charge in [-0.25, -0.2) is 0 Å². The first kappa shape index (κ1) is 18.7. The number of carbonyl (C=O) groups excluding carboxylic acids is 1. The maximum atomic E-state index is 12.1. The topological polar surface area (TPSA) is 41.1 Å². The molecule has 0 bridgehead atoms. The van der Waals surface area contributed by atoms with Crippen LogP contribution in [0.4, 0.5) is 0 Å². The van der Waals surface area contributed by atoms with Crippen LogP contribution < -0.4 is 10.6 Å². The van der Waals surface area contributed by atoms with E-state index in [4.69, 9.17) is 0 Å². The molecule has 24 heavy (non-hydrogen) atoms. The first-order chi connectivity index (χ1) is 11.5. The molecule has 0 fully saturated rings. The average Bonchev–Trinajstić information content (AvgIpc) is 3.07. The molecule has 1 aromatic heterocycles. The van der Waals surface area contributed by atoms with Gasteiger partial charge in [-0.1, -0.05) is 44.2 Å². The van der Waals surface area contributed by atoms with Gasteiger partial charge in [0.05, 0.1) is 12.1 Å². The van der Waals surface area contributed by atoms with E-state index >= 15 is 0 Å². The number of benzene rings is 1. The van der Waals surface area contributed by atoms with Crippen LogP contribution in [0.2, 0.25) is 0 Å². The van der Waals surface area contributed by atoms with Crippen LogP contribution in [0.1, 0.15) is 49.7 Å². The predicted molar refractivity (Wildman–Crippen MR) is 102 cm³/mol. The van der Waals surface area contributed by atoms with Crippen molar-refractivity contribution in [2.24, 2.45) is 5.92 Å². The molecule has 130 valence electrons. The summed E-state index contributed by atoms with van der Waals surface area (Å²) in [7, 11) is 0. The fourth-order valence-corrected chi connectivity index (χ4v) is 3.58. The zero-order valence-electron chi connectivity index (χ0n) is 15.0. The Kier molecular flexibility index (Phi) is 7.00. The summed E-state index contributed by atoms with van der Waals surface area (Å²) in [5.41, 5.74) is 2.55. The second kappa shape index (κ2) is 9.00. The Morgan fingerprint density at radius 1 is 1.12 bits per heavy atom. The first-order valence-corrected chi connectivity index (χ1v) is 9.55. The van der Waals surface area contributed by atoms with Crippen LogP contribution in [0.25, 0.3) is 0 Å². The Morgan fingerprint density at radius 3 is 2.38 bits per heavy atom. The van der Waals surface area contributed by atoms with Crippen molar-refractivity contribution in [1.82, 2.24) is 10.6 Å². The van der Waals surface area contributed by atoms with Gasteiger partial charge in [0, 0.05) is 11.4 Å². The monoisotopic (exact) mass is 344 g/mol. The third-order valence-electron chi connectivity index (χ3n) is 3.95. The lowest BCUT2D eigenvalue weighted by Gasteiger charge is -2.23. The minimum atomic E-state index is -0.243. The molecule has 1 heterocycles. The molecule has 3 nitrogen and oxygen atoms in total. The summed E-state index contributed by atoms with van der Waals surface area (Å²) in [6.45, 7) is 8.97. The second-order valence-corrected chi connectivity index (χ2v) is 7.55. The fourth-order valence-electron chi connectivity index (χ4n) is 2.77. The molecule has 0 saturated carbocycles. The Bertz CT molecular complexity index is 620. The summed E-state index contributed by atoms with van der Waals surface area (Å²) in [6.07, 6.45) is 1.09.